The van der Waals surface area contributed by atoms with Crippen molar-refractivity contribution in [2.24, 2.45) is 0 Å². The zero-order chi connectivity index (χ0) is 21.2. The van der Waals surface area contributed by atoms with Crippen molar-refractivity contribution in [3.63, 3.8) is 0 Å². The van der Waals surface area contributed by atoms with Gasteiger partial charge < -0.3 is 9.84 Å². The Bertz CT molecular complexity index is 1220. The molecule has 2 aromatic carbocycles. The van der Waals surface area contributed by atoms with E-state index in [9.17, 15) is 21.9 Å². The predicted molar refractivity (Wildman–Crippen MR) is 106 cm³/mol. The molecule has 0 aromatic heterocycles. The lowest BCUT2D eigenvalue weighted by Crippen LogP contribution is -2.37. The van der Waals surface area contributed by atoms with Gasteiger partial charge in [-0.05, 0) is 0 Å². The lowest BCUT2D eigenvalue weighted by Gasteiger charge is -2.16. The van der Waals surface area contributed by atoms with Crippen LogP contribution in [0.25, 0.3) is 11.5 Å². The molecule has 0 spiro atoms. The first-order valence-corrected chi connectivity index (χ1v) is 12.2. The minimum atomic E-state index is -3.97. The Morgan fingerprint density at radius 3 is 2.14 bits per heavy atom. The molecule has 1 aliphatic rings. The highest BCUT2D eigenvalue weighted by atomic mass is 32.2. The maximum absolute atomic E-state index is 11.8. The SMILES string of the molecule is CS(=O)(=O)O[C@H]1CO/C(=c2/cccc/c2=C(/O)c2ccccc2)[C@H]1OS(C)(=O)=O. The molecule has 0 radical (unpaired) electrons. The number of hydrogen-bond donors (Lipinski definition) is 1. The zero-order valence-corrected chi connectivity index (χ0v) is 17.3. The second kappa shape index (κ2) is 8.15. The summed E-state index contributed by atoms with van der Waals surface area (Å²) in [5.74, 6) is 0.00467. The van der Waals surface area contributed by atoms with E-state index in [1.807, 2.05) is 0 Å². The van der Waals surface area contributed by atoms with Crippen molar-refractivity contribution in [2.45, 2.75) is 12.2 Å². The Morgan fingerprint density at radius 2 is 1.52 bits per heavy atom. The number of hydrogen-bond acceptors (Lipinski definition) is 8. The van der Waals surface area contributed by atoms with Crippen LogP contribution < -0.4 is 10.4 Å². The first-order valence-electron chi connectivity index (χ1n) is 8.52. The van der Waals surface area contributed by atoms with Gasteiger partial charge in [0.25, 0.3) is 20.2 Å². The maximum atomic E-state index is 11.8. The van der Waals surface area contributed by atoms with Crippen LogP contribution in [0, 0.1) is 0 Å². The second-order valence-electron chi connectivity index (χ2n) is 6.50. The van der Waals surface area contributed by atoms with Crippen LogP contribution >= 0.6 is 0 Å². The summed E-state index contributed by atoms with van der Waals surface area (Å²) < 4.78 is 62.3. The summed E-state index contributed by atoms with van der Waals surface area (Å²) >= 11 is 0. The maximum Gasteiger partial charge on any atom is 0.265 e. The molecule has 3 rings (SSSR count). The van der Waals surface area contributed by atoms with Gasteiger partial charge in [-0.25, -0.2) is 0 Å². The van der Waals surface area contributed by atoms with Crippen molar-refractivity contribution in [1.29, 1.82) is 0 Å². The Morgan fingerprint density at radius 1 is 0.931 bits per heavy atom. The zero-order valence-electron chi connectivity index (χ0n) is 15.7. The summed E-state index contributed by atoms with van der Waals surface area (Å²) in [4.78, 5) is 0. The average molecular weight is 440 g/mol. The number of aliphatic hydroxyl groups is 1. The molecule has 1 N–H and O–H groups in total. The van der Waals surface area contributed by atoms with Crippen LogP contribution in [-0.2, 0) is 33.3 Å². The van der Waals surface area contributed by atoms with Gasteiger partial charge in [0.05, 0.1) is 12.5 Å². The van der Waals surface area contributed by atoms with Gasteiger partial charge in [0.2, 0.25) is 0 Å². The molecular formula is C19H20O8S2. The minimum absolute atomic E-state index is 0.0529. The van der Waals surface area contributed by atoms with Crippen LogP contribution in [0.15, 0.2) is 54.6 Å². The van der Waals surface area contributed by atoms with E-state index in [2.05, 4.69) is 0 Å². The van der Waals surface area contributed by atoms with Crippen LogP contribution in [0.1, 0.15) is 5.56 Å². The molecule has 0 unspecified atom stereocenters. The van der Waals surface area contributed by atoms with Crippen molar-refractivity contribution in [3.8, 4) is 0 Å². The van der Waals surface area contributed by atoms with Crippen LogP contribution in [-0.4, -0.2) is 53.3 Å². The van der Waals surface area contributed by atoms with E-state index in [-0.39, 0.29) is 18.1 Å². The fourth-order valence-electron chi connectivity index (χ4n) is 2.99. The molecule has 2 aromatic rings. The highest BCUT2D eigenvalue weighted by Gasteiger charge is 2.40. The van der Waals surface area contributed by atoms with Gasteiger partial charge in [-0.3, -0.25) is 8.37 Å². The van der Waals surface area contributed by atoms with E-state index in [1.54, 1.807) is 54.6 Å². The van der Waals surface area contributed by atoms with Gasteiger partial charge in [0.1, 0.15) is 24.2 Å². The minimum Gasteiger partial charge on any atom is -0.507 e. The van der Waals surface area contributed by atoms with E-state index in [4.69, 9.17) is 13.1 Å². The van der Waals surface area contributed by atoms with E-state index < -0.39 is 32.4 Å². The first-order chi connectivity index (χ1) is 13.6. The first kappa shape index (κ1) is 21.3. The van der Waals surface area contributed by atoms with Crippen molar-refractivity contribution in [1.82, 2.24) is 0 Å². The molecule has 1 aliphatic heterocycles. The normalized spacial score (nSPS) is 22.8. The van der Waals surface area contributed by atoms with E-state index >= 15 is 0 Å². The van der Waals surface area contributed by atoms with Gasteiger partial charge in [-0.2, -0.15) is 16.8 Å². The molecule has 0 saturated carbocycles. The predicted octanol–water partition coefficient (Wildman–Crippen LogP) is 0.229. The molecule has 0 bridgehead atoms. The summed E-state index contributed by atoms with van der Waals surface area (Å²) in [7, 11) is -7.86. The third-order valence-corrected chi connectivity index (χ3v) is 5.22. The Labute approximate surface area is 168 Å². The molecule has 29 heavy (non-hydrogen) atoms. The summed E-state index contributed by atoms with van der Waals surface area (Å²) in [6.45, 7) is -0.233. The fourth-order valence-corrected chi connectivity index (χ4v) is 4.19. The van der Waals surface area contributed by atoms with Crippen LogP contribution in [0.5, 0.6) is 0 Å². The topological polar surface area (TPSA) is 116 Å². The van der Waals surface area contributed by atoms with Crippen LogP contribution in [0.2, 0.25) is 0 Å². The molecule has 1 fully saturated rings. The van der Waals surface area contributed by atoms with E-state index in [0.29, 0.717) is 16.0 Å². The molecule has 0 amide bonds. The number of aliphatic hydroxyl groups excluding tert-OH is 1. The Kier molecular flexibility index (Phi) is 5.99. The van der Waals surface area contributed by atoms with Crippen molar-refractivity contribution in [2.75, 3.05) is 19.1 Å². The van der Waals surface area contributed by atoms with Gasteiger partial charge >= 0.3 is 0 Å². The number of ether oxygens (including phenoxy) is 1. The highest BCUT2D eigenvalue weighted by molar-refractivity contribution is 7.86. The third-order valence-electron chi connectivity index (χ3n) is 4.07. The Balaban J connectivity index is 2.25. The molecule has 156 valence electrons. The molecule has 1 saturated heterocycles. The van der Waals surface area contributed by atoms with Crippen LogP contribution in [0.3, 0.4) is 0 Å². The van der Waals surface area contributed by atoms with Crippen molar-refractivity contribution < 1.29 is 35.0 Å². The largest absolute Gasteiger partial charge is 0.507 e. The van der Waals surface area contributed by atoms with Gasteiger partial charge in [0, 0.05) is 16.0 Å². The third kappa shape index (κ3) is 5.36. The summed E-state index contributed by atoms with van der Waals surface area (Å²) in [6.07, 6.45) is -0.822. The van der Waals surface area contributed by atoms with Gasteiger partial charge in [-0.15, -0.1) is 0 Å². The molecule has 1 heterocycles. The Hall–Kier alpha value is -2.40. The molecule has 10 heteroatoms. The lowest BCUT2D eigenvalue weighted by molar-refractivity contribution is 0.109. The average Bonchev–Trinajstić information content (AvgIpc) is 3.00. The van der Waals surface area contributed by atoms with Gasteiger partial charge in [0.15, 0.2) is 6.10 Å². The standard InChI is InChI=1S/C19H20O8S2/c1-28(21,22)26-16-12-25-18(19(16)27-29(2,23)24)15-11-7-6-10-14(15)17(20)13-8-4-3-5-9-13/h3-11,16,19-20H,12H2,1-2H3/b17-14-,18-15-/t16-,19-/m0/s1. The number of benzene rings is 2. The second-order valence-corrected chi connectivity index (χ2v) is 9.70. The lowest BCUT2D eigenvalue weighted by atomic mass is 10.1. The number of rotatable bonds is 5. The summed E-state index contributed by atoms with van der Waals surface area (Å²) in [6, 6.07) is 15.4. The fraction of sp³-hybridized carbons (Fsp3) is 0.263. The molecular weight excluding hydrogens is 420 g/mol. The van der Waals surface area contributed by atoms with Crippen molar-refractivity contribution in [3.05, 3.63) is 70.6 Å². The monoisotopic (exact) mass is 440 g/mol. The van der Waals surface area contributed by atoms with Crippen LogP contribution in [0.4, 0.5) is 0 Å². The summed E-state index contributed by atoms with van der Waals surface area (Å²) in [5, 5.41) is 11.5. The highest BCUT2D eigenvalue weighted by Crippen LogP contribution is 2.26. The quantitative estimate of drug-likeness (QED) is 0.657. The van der Waals surface area contributed by atoms with E-state index in [0.717, 1.165) is 12.5 Å². The smallest absolute Gasteiger partial charge is 0.265 e. The summed E-state index contributed by atoms with van der Waals surface area (Å²) in [5.41, 5.74) is 0.545. The van der Waals surface area contributed by atoms with Crippen molar-refractivity contribution >= 4 is 31.8 Å². The molecule has 2 atom stereocenters. The van der Waals surface area contributed by atoms with Gasteiger partial charge in [-0.1, -0.05) is 54.6 Å². The molecule has 8 nitrogen and oxygen atoms in total. The van der Waals surface area contributed by atoms with E-state index in [1.165, 1.54) is 0 Å². The molecule has 0 aliphatic carbocycles.